The molecule has 0 bridgehead atoms. The zero-order valence-electron chi connectivity index (χ0n) is 13.5. The van der Waals surface area contributed by atoms with Crippen molar-refractivity contribution < 1.29 is 9.53 Å². The van der Waals surface area contributed by atoms with Gasteiger partial charge in [0.2, 0.25) is 0 Å². The van der Waals surface area contributed by atoms with E-state index in [1.807, 2.05) is 5.51 Å². The summed E-state index contributed by atoms with van der Waals surface area (Å²) in [6.45, 7) is 4.82. The number of hydrogen-bond acceptors (Lipinski definition) is 4. The van der Waals surface area contributed by atoms with Crippen LogP contribution in [0, 0.1) is 0 Å². The maximum Gasteiger partial charge on any atom is 0.305 e. The predicted molar refractivity (Wildman–Crippen MR) is 88.8 cm³/mol. The zero-order chi connectivity index (χ0) is 15.3. The van der Waals surface area contributed by atoms with Gasteiger partial charge in [0.25, 0.3) is 0 Å². The average Bonchev–Trinajstić information content (AvgIpc) is 2.94. The fourth-order valence-corrected chi connectivity index (χ4v) is 3.18. The molecule has 0 aliphatic heterocycles. The number of esters is 1. The van der Waals surface area contributed by atoms with Crippen LogP contribution in [0.5, 0.6) is 0 Å². The van der Waals surface area contributed by atoms with Crippen molar-refractivity contribution in [2.75, 3.05) is 6.61 Å². The van der Waals surface area contributed by atoms with Crippen molar-refractivity contribution in [1.82, 2.24) is 4.98 Å². The summed E-state index contributed by atoms with van der Waals surface area (Å²) < 4.78 is 5.30. The summed E-state index contributed by atoms with van der Waals surface area (Å²) in [6, 6.07) is 0. The number of carbonyl (C=O) groups excluding carboxylic acids is 1. The van der Waals surface area contributed by atoms with E-state index in [0.29, 0.717) is 13.0 Å². The molecule has 1 rings (SSSR count). The van der Waals surface area contributed by atoms with E-state index in [1.165, 1.54) is 37.0 Å². The van der Waals surface area contributed by atoms with Gasteiger partial charge in [0.15, 0.2) is 0 Å². The van der Waals surface area contributed by atoms with Gasteiger partial charge >= 0.3 is 5.97 Å². The minimum atomic E-state index is -0.0499. The first kappa shape index (κ1) is 18.1. The van der Waals surface area contributed by atoms with E-state index in [4.69, 9.17) is 4.74 Å². The van der Waals surface area contributed by atoms with Crippen molar-refractivity contribution in [3.05, 3.63) is 16.1 Å². The molecule has 3 nitrogen and oxygen atoms in total. The molecule has 0 fully saturated rings. The lowest BCUT2D eigenvalue weighted by molar-refractivity contribution is -0.143. The van der Waals surface area contributed by atoms with E-state index >= 15 is 0 Å². The van der Waals surface area contributed by atoms with Gasteiger partial charge in [0, 0.05) is 17.7 Å². The molecule has 0 amide bonds. The van der Waals surface area contributed by atoms with E-state index < -0.39 is 0 Å². The smallest absolute Gasteiger partial charge is 0.305 e. The predicted octanol–water partition coefficient (Wildman–Crippen LogP) is 4.93. The minimum absolute atomic E-state index is 0.0499. The van der Waals surface area contributed by atoms with Crippen LogP contribution in [0.2, 0.25) is 0 Å². The fraction of sp³-hybridized carbons (Fsp3) is 0.765. The molecule has 0 radical (unpaired) electrons. The summed E-state index contributed by atoms with van der Waals surface area (Å²) >= 11 is 1.65. The van der Waals surface area contributed by atoms with Crippen LogP contribution in [-0.2, 0) is 22.4 Å². The van der Waals surface area contributed by atoms with Crippen molar-refractivity contribution in [3.63, 3.8) is 0 Å². The molecule has 1 aromatic rings. The highest BCUT2D eigenvalue weighted by atomic mass is 32.1. The Morgan fingerprint density at radius 2 is 1.86 bits per heavy atom. The first-order valence-corrected chi connectivity index (χ1v) is 9.22. The molecule has 0 aromatic carbocycles. The van der Waals surface area contributed by atoms with Crippen LogP contribution >= 0.6 is 11.3 Å². The van der Waals surface area contributed by atoms with E-state index in [2.05, 4.69) is 18.8 Å². The molecule has 0 spiro atoms. The lowest BCUT2D eigenvalue weighted by Gasteiger charge is -2.05. The number of aryl methyl sites for hydroxylation is 1. The van der Waals surface area contributed by atoms with Gasteiger partial charge in [-0.3, -0.25) is 4.79 Å². The second-order valence-electron chi connectivity index (χ2n) is 5.42. The number of thiazole rings is 1. The quantitative estimate of drug-likeness (QED) is 0.406. The second-order valence-corrected chi connectivity index (χ2v) is 6.36. The van der Waals surface area contributed by atoms with Crippen molar-refractivity contribution >= 4 is 17.3 Å². The molecule has 21 heavy (non-hydrogen) atoms. The van der Waals surface area contributed by atoms with Crippen molar-refractivity contribution in [2.24, 2.45) is 0 Å². The normalized spacial score (nSPS) is 10.8. The highest BCUT2D eigenvalue weighted by Gasteiger charge is 2.06. The maximum absolute atomic E-state index is 11.6. The van der Waals surface area contributed by atoms with Crippen LogP contribution in [0.1, 0.15) is 75.8 Å². The molecule has 0 atom stereocenters. The summed E-state index contributed by atoms with van der Waals surface area (Å²) in [6.07, 6.45) is 10.9. The highest BCUT2D eigenvalue weighted by molar-refractivity contribution is 7.09. The van der Waals surface area contributed by atoms with Crippen molar-refractivity contribution in [1.29, 1.82) is 0 Å². The number of nitrogens with zero attached hydrogens (tertiary/aromatic N) is 1. The van der Waals surface area contributed by atoms with Gasteiger partial charge in [0.05, 0.1) is 17.8 Å². The van der Waals surface area contributed by atoms with Crippen LogP contribution in [0.3, 0.4) is 0 Å². The van der Waals surface area contributed by atoms with Gasteiger partial charge in [0.1, 0.15) is 0 Å². The van der Waals surface area contributed by atoms with E-state index in [-0.39, 0.29) is 5.97 Å². The van der Waals surface area contributed by atoms with Crippen molar-refractivity contribution in [3.8, 4) is 0 Å². The zero-order valence-corrected chi connectivity index (χ0v) is 14.3. The summed E-state index contributed by atoms with van der Waals surface area (Å²) in [5, 5.41) is 0. The first-order valence-electron chi connectivity index (χ1n) is 8.34. The van der Waals surface area contributed by atoms with Crippen LogP contribution in [0.15, 0.2) is 5.51 Å². The van der Waals surface area contributed by atoms with Crippen LogP contribution in [0.4, 0.5) is 0 Å². The lowest BCUT2D eigenvalue weighted by Crippen LogP contribution is -2.07. The molecule has 1 heterocycles. The number of carbonyl (C=O) groups is 1. The van der Waals surface area contributed by atoms with Gasteiger partial charge in [-0.25, -0.2) is 4.98 Å². The van der Waals surface area contributed by atoms with E-state index in [9.17, 15) is 4.79 Å². The Labute approximate surface area is 133 Å². The molecule has 0 saturated heterocycles. The van der Waals surface area contributed by atoms with E-state index in [1.54, 1.807) is 11.3 Å². The summed E-state index contributed by atoms with van der Waals surface area (Å²) in [5.41, 5.74) is 3.01. The monoisotopic (exact) mass is 311 g/mol. The Morgan fingerprint density at radius 3 is 2.57 bits per heavy atom. The maximum atomic E-state index is 11.6. The second kappa shape index (κ2) is 11.7. The molecule has 0 aliphatic carbocycles. The molecule has 0 N–H and O–H groups in total. The van der Waals surface area contributed by atoms with Gasteiger partial charge < -0.3 is 4.74 Å². The largest absolute Gasteiger partial charge is 0.465 e. The third kappa shape index (κ3) is 8.20. The fourth-order valence-electron chi connectivity index (χ4n) is 2.34. The van der Waals surface area contributed by atoms with Gasteiger partial charge in [-0.1, -0.05) is 52.4 Å². The Bertz CT molecular complexity index is 390. The molecule has 1 aromatic heterocycles. The topological polar surface area (TPSA) is 39.2 Å². The minimum Gasteiger partial charge on any atom is -0.465 e. The number of rotatable bonds is 12. The Kier molecular flexibility index (Phi) is 10.1. The van der Waals surface area contributed by atoms with Crippen LogP contribution in [0.25, 0.3) is 0 Å². The van der Waals surface area contributed by atoms with Gasteiger partial charge in [-0.2, -0.15) is 0 Å². The number of aromatic nitrogens is 1. The first-order chi connectivity index (χ1) is 10.3. The standard InChI is InChI=1S/C17H29NO2S/c1-3-5-6-7-8-9-10-11-17(19)20-13-12-16-15(4-2)18-14-21-16/h14H,3-13H2,1-2H3. The number of ether oxygens (including phenoxy) is 1. The molecule has 0 aliphatic rings. The van der Waals surface area contributed by atoms with Crippen molar-refractivity contribution in [2.45, 2.75) is 78.1 Å². The molecular formula is C17H29NO2S. The van der Waals surface area contributed by atoms with Gasteiger partial charge in [-0.05, 0) is 12.8 Å². The molecule has 0 unspecified atom stereocenters. The summed E-state index contributed by atoms with van der Waals surface area (Å²) in [7, 11) is 0. The molecular weight excluding hydrogens is 282 g/mol. The third-order valence-electron chi connectivity index (χ3n) is 3.64. The Balaban J connectivity index is 1.99. The lowest BCUT2D eigenvalue weighted by atomic mass is 10.1. The summed E-state index contributed by atoms with van der Waals surface area (Å²) in [5.74, 6) is -0.0499. The SMILES string of the molecule is CCCCCCCCCC(=O)OCCc1scnc1CC. The third-order valence-corrected chi connectivity index (χ3v) is 4.57. The number of hydrogen-bond donors (Lipinski definition) is 0. The highest BCUT2D eigenvalue weighted by Crippen LogP contribution is 2.15. The average molecular weight is 311 g/mol. The number of unbranched alkanes of at least 4 members (excludes halogenated alkanes) is 6. The van der Waals surface area contributed by atoms with E-state index in [0.717, 1.165) is 31.4 Å². The summed E-state index contributed by atoms with van der Waals surface area (Å²) in [4.78, 5) is 17.2. The Morgan fingerprint density at radius 1 is 1.14 bits per heavy atom. The molecule has 4 heteroatoms. The molecule has 120 valence electrons. The van der Waals surface area contributed by atoms with Gasteiger partial charge in [-0.15, -0.1) is 11.3 Å². The van der Waals surface area contributed by atoms with Crippen LogP contribution in [-0.4, -0.2) is 17.6 Å². The van der Waals surface area contributed by atoms with Crippen LogP contribution < -0.4 is 0 Å². The Hall–Kier alpha value is -0.900. The molecule has 0 saturated carbocycles.